The maximum absolute atomic E-state index is 7.00. The van der Waals surface area contributed by atoms with Crippen LogP contribution in [0.5, 0.6) is 0 Å². The molecule has 0 fully saturated rings. The standard InChI is InChI=1S/C33H41ClN2/c1-23(32(2,3)26-15-8-10-17-28(26)35-6)19-20-24-13-12-14-25(31(24)34)21-22-30-33(4,5)27-16-9-11-18-29(27)36(30)7/h8-11,15-23,35H,12-14H2,1-7H3/b20-19+,25-21+,30-22+. The summed E-state index contributed by atoms with van der Waals surface area (Å²) in [5.74, 6) is 0.354. The summed E-state index contributed by atoms with van der Waals surface area (Å²) >= 11 is 7.00. The number of fused-ring (bicyclic) bond motifs is 1. The Bertz CT molecular complexity index is 1240. The van der Waals surface area contributed by atoms with Crippen LogP contribution in [0.25, 0.3) is 0 Å². The number of likely N-dealkylation sites (N-methyl/N-ethyl adjacent to an activating group) is 1. The Morgan fingerprint density at radius 3 is 2.44 bits per heavy atom. The Kier molecular flexibility index (Phi) is 7.57. The van der Waals surface area contributed by atoms with Crippen molar-refractivity contribution in [2.75, 3.05) is 24.3 Å². The second-order valence-electron chi connectivity index (χ2n) is 11.3. The summed E-state index contributed by atoms with van der Waals surface area (Å²) in [7, 11) is 4.16. The zero-order valence-electron chi connectivity index (χ0n) is 23.0. The van der Waals surface area contributed by atoms with E-state index in [0.29, 0.717) is 5.92 Å². The summed E-state index contributed by atoms with van der Waals surface area (Å²) in [5, 5.41) is 4.28. The van der Waals surface area contributed by atoms with Gasteiger partial charge in [-0.25, -0.2) is 0 Å². The molecule has 2 nitrogen and oxygen atoms in total. The predicted molar refractivity (Wildman–Crippen MR) is 158 cm³/mol. The molecule has 2 aromatic rings. The fourth-order valence-electron chi connectivity index (χ4n) is 5.70. The maximum Gasteiger partial charge on any atom is 0.0469 e. The number of nitrogens with one attached hydrogen (secondary N) is 1. The van der Waals surface area contributed by atoms with Crippen molar-refractivity contribution in [2.24, 2.45) is 5.92 Å². The van der Waals surface area contributed by atoms with Gasteiger partial charge in [-0.3, -0.25) is 0 Å². The van der Waals surface area contributed by atoms with Gasteiger partial charge in [0.15, 0.2) is 0 Å². The second kappa shape index (κ2) is 10.3. The average Bonchev–Trinajstić information content (AvgIpc) is 3.07. The van der Waals surface area contributed by atoms with Crippen LogP contribution in [0, 0.1) is 5.92 Å². The first-order valence-electron chi connectivity index (χ1n) is 13.2. The van der Waals surface area contributed by atoms with Crippen molar-refractivity contribution in [3.05, 3.63) is 106 Å². The molecular weight excluding hydrogens is 460 g/mol. The molecule has 190 valence electrons. The van der Waals surface area contributed by atoms with Gasteiger partial charge in [-0.15, -0.1) is 0 Å². The third kappa shape index (κ3) is 4.81. The van der Waals surface area contributed by atoms with E-state index in [1.54, 1.807) is 0 Å². The molecule has 3 heteroatoms. The van der Waals surface area contributed by atoms with Crippen LogP contribution in [-0.4, -0.2) is 14.1 Å². The summed E-state index contributed by atoms with van der Waals surface area (Å²) in [6, 6.07) is 17.3. The number of hydrogen-bond acceptors (Lipinski definition) is 2. The second-order valence-corrected chi connectivity index (χ2v) is 11.7. The number of benzene rings is 2. The Balaban J connectivity index is 1.59. The van der Waals surface area contributed by atoms with E-state index in [9.17, 15) is 0 Å². The van der Waals surface area contributed by atoms with Crippen molar-refractivity contribution in [2.45, 2.75) is 64.7 Å². The molecule has 1 aliphatic heterocycles. The van der Waals surface area contributed by atoms with Gasteiger partial charge >= 0.3 is 0 Å². The average molecular weight is 501 g/mol. The number of para-hydroxylation sites is 2. The lowest BCUT2D eigenvalue weighted by atomic mass is 9.73. The molecule has 0 bridgehead atoms. The number of nitrogens with zero attached hydrogens (tertiary/aromatic N) is 1. The highest BCUT2D eigenvalue weighted by Gasteiger charge is 2.37. The van der Waals surface area contributed by atoms with Gasteiger partial charge in [-0.1, -0.05) is 101 Å². The van der Waals surface area contributed by atoms with Gasteiger partial charge in [0, 0.05) is 41.6 Å². The zero-order valence-corrected chi connectivity index (χ0v) is 23.7. The first-order chi connectivity index (χ1) is 17.1. The van der Waals surface area contributed by atoms with Gasteiger partial charge in [0.05, 0.1) is 0 Å². The Morgan fingerprint density at radius 1 is 1.03 bits per heavy atom. The molecule has 1 heterocycles. The number of halogens is 1. The van der Waals surface area contributed by atoms with Crippen LogP contribution >= 0.6 is 11.6 Å². The molecular formula is C33H41ClN2. The SMILES string of the molecule is CNc1ccccc1C(C)(C)C(C)/C=C/C1=C(Cl)C(=C/C=C2/N(C)c3ccccc3C2(C)C)/CCC1. The fourth-order valence-corrected chi connectivity index (χ4v) is 6.01. The molecule has 1 atom stereocenters. The molecule has 1 aliphatic carbocycles. The van der Waals surface area contributed by atoms with E-state index in [-0.39, 0.29) is 10.8 Å². The lowest BCUT2D eigenvalue weighted by Gasteiger charge is -2.32. The lowest BCUT2D eigenvalue weighted by molar-refractivity contribution is 0.410. The Morgan fingerprint density at radius 2 is 1.72 bits per heavy atom. The molecule has 1 unspecified atom stereocenters. The molecule has 0 radical (unpaired) electrons. The molecule has 36 heavy (non-hydrogen) atoms. The summed E-state index contributed by atoms with van der Waals surface area (Å²) in [4.78, 5) is 2.32. The van der Waals surface area contributed by atoms with E-state index < -0.39 is 0 Å². The minimum absolute atomic E-state index is 0.00542. The molecule has 0 aromatic heterocycles. The molecule has 0 spiro atoms. The van der Waals surface area contributed by atoms with Crippen LogP contribution in [0.2, 0.25) is 0 Å². The Labute approximate surface area is 223 Å². The van der Waals surface area contributed by atoms with E-state index >= 15 is 0 Å². The van der Waals surface area contributed by atoms with Crippen LogP contribution in [-0.2, 0) is 10.8 Å². The van der Waals surface area contributed by atoms with Gasteiger partial charge in [0.2, 0.25) is 0 Å². The fraction of sp³-hybridized carbons (Fsp3) is 0.394. The van der Waals surface area contributed by atoms with E-state index in [1.807, 2.05) is 7.05 Å². The van der Waals surface area contributed by atoms with Crippen molar-refractivity contribution in [3.8, 4) is 0 Å². The van der Waals surface area contributed by atoms with Crippen LogP contribution < -0.4 is 10.2 Å². The highest BCUT2D eigenvalue weighted by Crippen LogP contribution is 2.47. The minimum Gasteiger partial charge on any atom is -0.388 e. The number of rotatable bonds is 6. The largest absolute Gasteiger partial charge is 0.388 e. The molecule has 2 aromatic carbocycles. The van der Waals surface area contributed by atoms with Gasteiger partial charge in [-0.2, -0.15) is 0 Å². The van der Waals surface area contributed by atoms with Crippen LogP contribution in [0.1, 0.15) is 65.0 Å². The molecule has 0 amide bonds. The highest BCUT2D eigenvalue weighted by atomic mass is 35.5. The van der Waals surface area contributed by atoms with E-state index in [1.165, 1.54) is 39.3 Å². The molecule has 1 N–H and O–H groups in total. The van der Waals surface area contributed by atoms with E-state index in [4.69, 9.17) is 11.6 Å². The van der Waals surface area contributed by atoms with Gasteiger partial charge < -0.3 is 10.2 Å². The first-order valence-corrected chi connectivity index (χ1v) is 13.6. The highest BCUT2D eigenvalue weighted by molar-refractivity contribution is 6.32. The normalized spacial score (nSPS) is 20.9. The summed E-state index contributed by atoms with van der Waals surface area (Å²) in [5.41, 5.74) is 8.96. The summed E-state index contributed by atoms with van der Waals surface area (Å²) in [6.45, 7) is 11.6. The van der Waals surface area contributed by atoms with Crippen molar-refractivity contribution in [1.29, 1.82) is 0 Å². The van der Waals surface area contributed by atoms with Crippen LogP contribution in [0.15, 0.2) is 94.7 Å². The summed E-state index contributed by atoms with van der Waals surface area (Å²) in [6.07, 6.45) is 12.3. The minimum atomic E-state index is -0.0271. The molecule has 2 aliphatic rings. The molecule has 0 saturated heterocycles. The van der Waals surface area contributed by atoms with Crippen LogP contribution in [0.4, 0.5) is 11.4 Å². The Hall–Kier alpha value is -2.71. The smallest absolute Gasteiger partial charge is 0.0469 e. The molecule has 4 rings (SSSR count). The number of anilines is 2. The lowest BCUT2D eigenvalue weighted by Crippen LogP contribution is -2.26. The zero-order chi connectivity index (χ0) is 26.1. The number of allylic oxidation sites excluding steroid dienone is 8. The van der Waals surface area contributed by atoms with Crippen LogP contribution in [0.3, 0.4) is 0 Å². The third-order valence-electron chi connectivity index (χ3n) is 8.45. The topological polar surface area (TPSA) is 15.3 Å². The van der Waals surface area contributed by atoms with Crippen molar-refractivity contribution < 1.29 is 0 Å². The maximum atomic E-state index is 7.00. The predicted octanol–water partition coefficient (Wildman–Crippen LogP) is 9.11. The quantitative estimate of drug-likeness (QED) is 0.425. The van der Waals surface area contributed by atoms with Gasteiger partial charge in [-0.05, 0) is 71.1 Å². The van der Waals surface area contributed by atoms with Gasteiger partial charge in [0.25, 0.3) is 0 Å². The monoisotopic (exact) mass is 500 g/mol. The number of hydrogen-bond donors (Lipinski definition) is 1. The van der Waals surface area contributed by atoms with Gasteiger partial charge in [0.1, 0.15) is 0 Å². The van der Waals surface area contributed by atoms with E-state index in [2.05, 4.69) is 125 Å². The van der Waals surface area contributed by atoms with Crippen molar-refractivity contribution >= 4 is 23.0 Å². The van der Waals surface area contributed by atoms with Crippen molar-refractivity contribution in [1.82, 2.24) is 0 Å². The molecule has 0 saturated carbocycles. The van der Waals surface area contributed by atoms with Crippen molar-refractivity contribution in [3.63, 3.8) is 0 Å². The summed E-state index contributed by atoms with van der Waals surface area (Å²) < 4.78 is 0. The third-order valence-corrected chi connectivity index (χ3v) is 8.94. The first kappa shape index (κ1) is 26.4. The van der Waals surface area contributed by atoms with E-state index in [0.717, 1.165) is 24.3 Å².